The fraction of sp³-hybridized carbons (Fsp3) is 0.632. The van der Waals surface area contributed by atoms with Gasteiger partial charge >= 0.3 is 0 Å². The number of nitrogen functional groups attached to an aromatic ring is 1. The molecule has 0 radical (unpaired) electrons. The second-order valence-corrected chi connectivity index (χ2v) is 10.5. The maximum absolute atomic E-state index is 12.4. The van der Waals surface area contributed by atoms with Gasteiger partial charge in [-0.05, 0) is 73.1 Å². The van der Waals surface area contributed by atoms with E-state index in [9.17, 15) is 4.79 Å². The third-order valence-corrected chi connectivity index (χ3v) is 8.37. The molecule has 0 unspecified atom stereocenters. The summed E-state index contributed by atoms with van der Waals surface area (Å²) in [6, 6.07) is 3.92. The third kappa shape index (κ3) is 3.38. The smallest absolute Gasteiger partial charge is 0.230 e. The molecule has 2 aromatic rings. The van der Waals surface area contributed by atoms with Crippen molar-refractivity contribution in [1.29, 1.82) is 0 Å². The van der Waals surface area contributed by atoms with Crippen molar-refractivity contribution in [2.45, 2.75) is 43.7 Å². The predicted octanol–water partition coefficient (Wildman–Crippen LogP) is 3.15. The SMILES string of the molecule is Nn1c(SCC(=O)NCC23CC4CC(CC(C4)C2)C3)nnc1-c1cccs1. The van der Waals surface area contributed by atoms with E-state index in [2.05, 4.69) is 15.5 Å². The Morgan fingerprint density at radius 3 is 2.59 bits per heavy atom. The molecule has 0 spiro atoms. The van der Waals surface area contributed by atoms with Gasteiger partial charge in [0.1, 0.15) is 0 Å². The zero-order valence-corrected chi connectivity index (χ0v) is 16.9. The van der Waals surface area contributed by atoms with E-state index in [0.717, 1.165) is 29.2 Å². The Bertz CT molecular complexity index is 796. The summed E-state index contributed by atoms with van der Waals surface area (Å²) in [5.41, 5.74) is 0.370. The number of carbonyl (C=O) groups excluding carboxylic acids is 1. The number of nitrogens with two attached hydrogens (primary N) is 1. The van der Waals surface area contributed by atoms with E-state index in [4.69, 9.17) is 5.84 Å². The van der Waals surface area contributed by atoms with E-state index < -0.39 is 0 Å². The molecule has 4 saturated carbocycles. The Balaban J connectivity index is 1.16. The number of hydrogen-bond acceptors (Lipinski definition) is 6. The van der Waals surface area contributed by atoms with E-state index in [0.29, 0.717) is 22.1 Å². The molecule has 0 aliphatic heterocycles. The number of thiophene rings is 1. The summed E-state index contributed by atoms with van der Waals surface area (Å²) in [7, 11) is 0. The van der Waals surface area contributed by atoms with Crippen LogP contribution in [0.4, 0.5) is 0 Å². The second kappa shape index (κ2) is 6.81. The van der Waals surface area contributed by atoms with E-state index >= 15 is 0 Å². The van der Waals surface area contributed by atoms with Crippen molar-refractivity contribution < 1.29 is 4.79 Å². The molecule has 4 aliphatic rings. The Labute approximate surface area is 167 Å². The first-order chi connectivity index (χ1) is 13.1. The molecule has 4 bridgehead atoms. The van der Waals surface area contributed by atoms with Gasteiger partial charge in [0.25, 0.3) is 0 Å². The summed E-state index contributed by atoms with van der Waals surface area (Å²) in [4.78, 5) is 13.4. The summed E-state index contributed by atoms with van der Waals surface area (Å²) in [6.07, 6.45) is 8.24. The van der Waals surface area contributed by atoms with Crippen LogP contribution in [0.15, 0.2) is 22.7 Å². The molecule has 1 amide bonds. The van der Waals surface area contributed by atoms with Crippen LogP contribution in [0.2, 0.25) is 0 Å². The summed E-state index contributed by atoms with van der Waals surface area (Å²) < 4.78 is 1.48. The van der Waals surface area contributed by atoms with Gasteiger partial charge in [0, 0.05) is 6.54 Å². The van der Waals surface area contributed by atoms with E-state index in [1.165, 1.54) is 55.0 Å². The Kier molecular flexibility index (Phi) is 4.43. The highest BCUT2D eigenvalue weighted by atomic mass is 32.2. The first-order valence-corrected chi connectivity index (χ1v) is 11.6. The van der Waals surface area contributed by atoms with Crippen LogP contribution >= 0.6 is 23.1 Å². The quantitative estimate of drug-likeness (QED) is 0.572. The summed E-state index contributed by atoms with van der Waals surface area (Å²) in [5.74, 6) is 9.87. The van der Waals surface area contributed by atoms with Crippen molar-refractivity contribution in [2.75, 3.05) is 18.1 Å². The maximum atomic E-state index is 12.4. The lowest BCUT2D eigenvalue weighted by Crippen LogP contribution is -2.51. The van der Waals surface area contributed by atoms with Crippen LogP contribution in [-0.4, -0.2) is 33.1 Å². The number of thioether (sulfide) groups is 1. The van der Waals surface area contributed by atoms with Crippen molar-refractivity contribution in [1.82, 2.24) is 20.2 Å². The molecular formula is C19H25N5OS2. The Hall–Kier alpha value is -1.54. The molecule has 0 aromatic carbocycles. The molecule has 0 atom stereocenters. The van der Waals surface area contributed by atoms with Gasteiger partial charge in [-0.25, -0.2) is 4.68 Å². The molecule has 27 heavy (non-hydrogen) atoms. The number of nitrogens with one attached hydrogen (secondary N) is 1. The van der Waals surface area contributed by atoms with E-state index in [1.807, 2.05) is 17.5 Å². The molecule has 8 heteroatoms. The maximum Gasteiger partial charge on any atom is 0.230 e. The van der Waals surface area contributed by atoms with Gasteiger partial charge in [0.2, 0.25) is 11.1 Å². The molecule has 6 rings (SSSR count). The van der Waals surface area contributed by atoms with Crippen LogP contribution in [0, 0.1) is 23.2 Å². The van der Waals surface area contributed by atoms with Gasteiger partial charge < -0.3 is 11.2 Å². The monoisotopic (exact) mass is 403 g/mol. The van der Waals surface area contributed by atoms with Crippen LogP contribution < -0.4 is 11.2 Å². The van der Waals surface area contributed by atoms with Crippen molar-refractivity contribution in [3.63, 3.8) is 0 Å². The lowest BCUT2D eigenvalue weighted by Gasteiger charge is -2.56. The van der Waals surface area contributed by atoms with Gasteiger partial charge in [0.15, 0.2) is 5.82 Å². The molecule has 144 valence electrons. The number of nitrogens with zero attached hydrogens (tertiary/aromatic N) is 3. The largest absolute Gasteiger partial charge is 0.355 e. The summed E-state index contributed by atoms with van der Waals surface area (Å²) in [5, 5.41) is 14.1. The van der Waals surface area contributed by atoms with Gasteiger partial charge in [-0.1, -0.05) is 17.8 Å². The predicted molar refractivity (Wildman–Crippen MR) is 108 cm³/mol. The van der Waals surface area contributed by atoms with E-state index in [1.54, 1.807) is 11.3 Å². The standard InChI is InChI=1S/C19H25N5OS2/c20-24-17(15-2-1-3-26-15)22-23-18(24)27-10-16(25)21-11-19-7-12-4-13(8-19)6-14(5-12)9-19/h1-3,12-14H,4-11,20H2,(H,21,25). The number of hydrogen-bond donors (Lipinski definition) is 2. The minimum atomic E-state index is 0.0661. The fourth-order valence-corrected chi connectivity index (χ4v) is 7.31. The first-order valence-electron chi connectivity index (χ1n) is 9.74. The minimum absolute atomic E-state index is 0.0661. The molecule has 6 nitrogen and oxygen atoms in total. The lowest BCUT2D eigenvalue weighted by atomic mass is 9.49. The topological polar surface area (TPSA) is 85.8 Å². The van der Waals surface area contributed by atoms with Gasteiger partial charge in [-0.3, -0.25) is 4.79 Å². The highest BCUT2D eigenvalue weighted by Crippen LogP contribution is 2.59. The Morgan fingerprint density at radius 2 is 1.96 bits per heavy atom. The number of aromatic nitrogens is 3. The fourth-order valence-electron chi connectivity index (χ4n) is 5.92. The average Bonchev–Trinajstić information content (AvgIpc) is 3.27. The van der Waals surface area contributed by atoms with Crippen molar-refractivity contribution in [3.8, 4) is 10.7 Å². The summed E-state index contributed by atoms with van der Waals surface area (Å²) >= 11 is 2.92. The van der Waals surface area contributed by atoms with Crippen molar-refractivity contribution in [2.24, 2.45) is 23.2 Å². The van der Waals surface area contributed by atoms with E-state index in [-0.39, 0.29) is 5.91 Å². The van der Waals surface area contributed by atoms with Crippen LogP contribution in [0.25, 0.3) is 10.7 Å². The van der Waals surface area contributed by atoms with Gasteiger partial charge in [0.05, 0.1) is 10.6 Å². The molecule has 3 N–H and O–H groups in total. The zero-order chi connectivity index (χ0) is 18.4. The molecule has 4 aliphatic carbocycles. The Morgan fingerprint density at radius 1 is 1.26 bits per heavy atom. The van der Waals surface area contributed by atoms with Crippen LogP contribution in [0.1, 0.15) is 38.5 Å². The lowest BCUT2D eigenvalue weighted by molar-refractivity contribution is -0.120. The number of carbonyl (C=O) groups is 1. The normalized spacial score (nSPS) is 31.3. The van der Waals surface area contributed by atoms with Crippen LogP contribution in [-0.2, 0) is 4.79 Å². The molecule has 0 saturated heterocycles. The molecular weight excluding hydrogens is 378 g/mol. The second-order valence-electron chi connectivity index (χ2n) is 8.64. The van der Waals surface area contributed by atoms with Gasteiger partial charge in [-0.2, -0.15) is 0 Å². The van der Waals surface area contributed by atoms with Crippen LogP contribution in [0.3, 0.4) is 0 Å². The molecule has 2 aromatic heterocycles. The minimum Gasteiger partial charge on any atom is -0.355 e. The number of rotatable bonds is 6. The van der Waals surface area contributed by atoms with Gasteiger partial charge in [-0.15, -0.1) is 21.5 Å². The highest BCUT2D eigenvalue weighted by Gasteiger charge is 2.50. The zero-order valence-electron chi connectivity index (χ0n) is 15.3. The first kappa shape index (κ1) is 17.6. The molecule has 4 fully saturated rings. The van der Waals surface area contributed by atoms with Crippen molar-refractivity contribution in [3.05, 3.63) is 17.5 Å². The highest BCUT2D eigenvalue weighted by molar-refractivity contribution is 7.99. The van der Waals surface area contributed by atoms with Crippen molar-refractivity contribution >= 4 is 29.0 Å². The summed E-state index contributed by atoms with van der Waals surface area (Å²) in [6.45, 7) is 0.839. The molecule has 2 heterocycles. The third-order valence-electron chi connectivity index (χ3n) is 6.56. The number of amides is 1. The van der Waals surface area contributed by atoms with Crippen LogP contribution in [0.5, 0.6) is 0 Å². The average molecular weight is 404 g/mol.